The molecule has 1 aliphatic heterocycles. The van der Waals surface area contributed by atoms with Gasteiger partial charge < -0.3 is 10.6 Å². The highest BCUT2D eigenvalue weighted by Crippen LogP contribution is 2.46. The van der Waals surface area contributed by atoms with Crippen LogP contribution in [0.2, 0.25) is 0 Å². The number of nitrogens with one attached hydrogen (secondary N) is 2. The van der Waals surface area contributed by atoms with Gasteiger partial charge in [0.2, 0.25) is 0 Å². The van der Waals surface area contributed by atoms with E-state index in [9.17, 15) is 22.8 Å². The summed E-state index contributed by atoms with van der Waals surface area (Å²) in [4.78, 5) is 27.0. The molecule has 1 aromatic heterocycles. The molecule has 5 rings (SSSR count). The Morgan fingerprint density at radius 3 is 2.50 bits per heavy atom. The molecule has 2 heterocycles. The van der Waals surface area contributed by atoms with E-state index in [1.54, 1.807) is 6.92 Å². The van der Waals surface area contributed by atoms with E-state index in [0.29, 0.717) is 29.7 Å². The Labute approximate surface area is 210 Å². The average molecular weight is 509 g/mol. The third-order valence-corrected chi connectivity index (χ3v) is 7.37. The highest BCUT2D eigenvalue weighted by molar-refractivity contribution is 7.08. The first-order chi connectivity index (χ1) is 17.2. The smallest absolute Gasteiger partial charge is 0.362 e. The fourth-order valence-electron chi connectivity index (χ4n) is 5.05. The molecule has 2 aliphatic rings. The number of halogens is 3. The van der Waals surface area contributed by atoms with Crippen molar-refractivity contribution in [3.05, 3.63) is 111 Å². The van der Waals surface area contributed by atoms with Crippen LogP contribution in [0.1, 0.15) is 48.3 Å². The van der Waals surface area contributed by atoms with Crippen molar-refractivity contribution in [3.63, 3.8) is 0 Å². The molecular weight excluding hydrogens is 485 g/mol. The Bertz CT molecular complexity index is 1380. The molecule has 184 valence electrons. The Hall–Kier alpha value is -3.65. The van der Waals surface area contributed by atoms with Crippen molar-refractivity contribution >= 4 is 28.7 Å². The lowest BCUT2D eigenvalue weighted by molar-refractivity contribution is -0.137. The minimum absolute atomic E-state index is 0.0290. The van der Waals surface area contributed by atoms with E-state index >= 15 is 0 Å². The molecule has 8 heteroatoms. The van der Waals surface area contributed by atoms with Crippen LogP contribution in [0.15, 0.2) is 94.0 Å². The Kier molecular flexibility index (Phi) is 6.30. The highest BCUT2D eigenvalue weighted by Gasteiger charge is 2.41. The molecule has 0 unspecified atom stereocenters. The molecule has 0 fully saturated rings. The van der Waals surface area contributed by atoms with Crippen molar-refractivity contribution in [1.29, 1.82) is 0 Å². The van der Waals surface area contributed by atoms with Gasteiger partial charge in [-0.15, -0.1) is 0 Å². The fourth-order valence-corrected chi connectivity index (χ4v) is 5.73. The summed E-state index contributed by atoms with van der Waals surface area (Å²) in [5.41, 5.74) is 3.35. The SMILES string of the molecule is CC1=C(C(=O)Nc2cccc(C(F)(F)F)c2)[C@H](c2ccsc2)C2=C(C[C@@H](c3ccccc3)CC2=O)N1. The third-order valence-electron chi connectivity index (χ3n) is 6.67. The van der Waals surface area contributed by atoms with Crippen LogP contribution in [-0.4, -0.2) is 11.7 Å². The van der Waals surface area contributed by atoms with Gasteiger partial charge in [-0.2, -0.15) is 24.5 Å². The number of anilines is 1. The fraction of sp³-hybridized carbons (Fsp3) is 0.214. The summed E-state index contributed by atoms with van der Waals surface area (Å²) < 4.78 is 39.5. The van der Waals surface area contributed by atoms with Gasteiger partial charge in [0, 0.05) is 40.6 Å². The Morgan fingerprint density at radius 2 is 1.81 bits per heavy atom. The largest absolute Gasteiger partial charge is 0.416 e. The highest BCUT2D eigenvalue weighted by atomic mass is 32.1. The maximum absolute atomic E-state index is 13.5. The summed E-state index contributed by atoms with van der Waals surface area (Å²) in [6.45, 7) is 1.76. The second-order valence-corrected chi connectivity index (χ2v) is 9.80. The number of allylic oxidation sites excluding steroid dienone is 3. The summed E-state index contributed by atoms with van der Waals surface area (Å²) in [5, 5.41) is 9.71. The predicted molar refractivity (Wildman–Crippen MR) is 133 cm³/mol. The molecule has 1 amide bonds. The molecule has 0 spiro atoms. The average Bonchev–Trinajstić information content (AvgIpc) is 3.38. The number of dihydropyridines is 1. The lowest BCUT2D eigenvalue weighted by atomic mass is 9.72. The monoisotopic (exact) mass is 508 g/mol. The molecule has 36 heavy (non-hydrogen) atoms. The molecule has 2 N–H and O–H groups in total. The minimum Gasteiger partial charge on any atom is -0.362 e. The van der Waals surface area contributed by atoms with Gasteiger partial charge in [0.25, 0.3) is 5.91 Å². The summed E-state index contributed by atoms with van der Waals surface area (Å²) in [6, 6.07) is 16.3. The number of thiophene rings is 1. The van der Waals surface area contributed by atoms with E-state index < -0.39 is 23.6 Å². The minimum atomic E-state index is -4.52. The molecular formula is C28H23F3N2O2S. The van der Waals surface area contributed by atoms with Gasteiger partial charge in [-0.3, -0.25) is 9.59 Å². The summed E-state index contributed by atoms with van der Waals surface area (Å²) in [7, 11) is 0. The number of hydrogen-bond donors (Lipinski definition) is 2. The second-order valence-electron chi connectivity index (χ2n) is 9.02. The van der Waals surface area contributed by atoms with Gasteiger partial charge in [0.1, 0.15) is 0 Å². The van der Waals surface area contributed by atoms with Crippen molar-refractivity contribution in [3.8, 4) is 0 Å². The molecule has 2 aromatic carbocycles. The first kappa shape index (κ1) is 24.1. The number of rotatable bonds is 4. The van der Waals surface area contributed by atoms with Crippen LogP contribution in [0.3, 0.4) is 0 Å². The first-order valence-corrected chi connectivity index (χ1v) is 12.5. The zero-order chi connectivity index (χ0) is 25.4. The van der Waals surface area contributed by atoms with Crippen molar-refractivity contribution in [2.24, 2.45) is 0 Å². The Balaban J connectivity index is 1.50. The van der Waals surface area contributed by atoms with E-state index in [-0.39, 0.29) is 17.4 Å². The van der Waals surface area contributed by atoms with Gasteiger partial charge in [0.05, 0.1) is 5.56 Å². The second kappa shape index (κ2) is 9.43. The zero-order valence-corrected chi connectivity index (χ0v) is 20.2. The molecule has 0 saturated carbocycles. The molecule has 4 nitrogen and oxygen atoms in total. The van der Waals surface area contributed by atoms with Crippen LogP contribution < -0.4 is 10.6 Å². The van der Waals surface area contributed by atoms with Gasteiger partial charge in [-0.25, -0.2) is 0 Å². The van der Waals surface area contributed by atoms with Crippen molar-refractivity contribution in [2.75, 3.05) is 5.32 Å². The molecule has 0 bridgehead atoms. The summed E-state index contributed by atoms with van der Waals surface area (Å²) >= 11 is 1.46. The number of ketones is 1. The maximum atomic E-state index is 13.5. The quantitative estimate of drug-likeness (QED) is 0.409. The van der Waals surface area contributed by atoms with Crippen LogP contribution in [0.5, 0.6) is 0 Å². The summed E-state index contributed by atoms with van der Waals surface area (Å²) in [6.07, 6.45) is -3.57. The third kappa shape index (κ3) is 4.60. The number of Topliss-reactive ketones (excluding diaryl/α,β-unsaturated/α-hetero) is 1. The van der Waals surface area contributed by atoms with Gasteiger partial charge >= 0.3 is 6.18 Å². The zero-order valence-electron chi connectivity index (χ0n) is 19.4. The van der Waals surface area contributed by atoms with Crippen LogP contribution >= 0.6 is 11.3 Å². The topological polar surface area (TPSA) is 58.2 Å². The Morgan fingerprint density at radius 1 is 1.03 bits per heavy atom. The number of carbonyl (C=O) groups is 2. The lowest BCUT2D eigenvalue weighted by Gasteiger charge is -2.36. The summed E-state index contributed by atoms with van der Waals surface area (Å²) in [5.74, 6) is -1.14. The number of alkyl halides is 3. The lowest BCUT2D eigenvalue weighted by Crippen LogP contribution is -2.37. The van der Waals surface area contributed by atoms with Crippen molar-refractivity contribution in [1.82, 2.24) is 5.32 Å². The van der Waals surface area contributed by atoms with E-state index in [0.717, 1.165) is 29.0 Å². The van der Waals surface area contributed by atoms with E-state index in [1.165, 1.54) is 23.5 Å². The van der Waals surface area contributed by atoms with Crippen molar-refractivity contribution in [2.45, 2.75) is 37.8 Å². The number of carbonyl (C=O) groups excluding carboxylic acids is 2. The number of benzene rings is 2. The van der Waals surface area contributed by atoms with E-state index in [4.69, 9.17) is 0 Å². The van der Waals surface area contributed by atoms with Gasteiger partial charge in [0.15, 0.2) is 5.78 Å². The predicted octanol–water partition coefficient (Wildman–Crippen LogP) is 6.77. The van der Waals surface area contributed by atoms with Crippen molar-refractivity contribution < 1.29 is 22.8 Å². The number of amides is 1. The van der Waals surface area contributed by atoms with Gasteiger partial charge in [-0.1, -0.05) is 36.4 Å². The van der Waals surface area contributed by atoms with E-state index in [1.807, 2.05) is 47.2 Å². The molecule has 2 atom stereocenters. The van der Waals surface area contributed by atoms with Crippen LogP contribution in [0.25, 0.3) is 0 Å². The molecule has 1 aliphatic carbocycles. The molecule has 0 saturated heterocycles. The maximum Gasteiger partial charge on any atom is 0.416 e. The van der Waals surface area contributed by atoms with Gasteiger partial charge in [-0.05, 0) is 65.4 Å². The van der Waals surface area contributed by atoms with Crippen LogP contribution in [0, 0.1) is 0 Å². The standard InChI is InChI=1S/C28H23F3N2O2S/c1-16-24(27(35)33-21-9-5-8-20(14-21)28(29,30)31)25(18-10-11-36-15-18)26-22(32-16)12-19(13-23(26)34)17-6-3-2-4-7-17/h2-11,14-15,19,25,32H,12-13H2,1H3,(H,33,35)/t19-,25+/m1/s1. The number of hydrogen-bond acceptors (Lipinski definition) is 4. The van der Waals surface area contributed by atoms with Crippen LogP contribution in [-0.2, 0) is 15.8 Å². The normalized spacial score (nSPS) is 20.2. The molecule has 3 aromatic rings. The van der Waals surface area contributed by atoms with E-state index in [2.05, 4.69) is 10.6 Å². The first-order valence-electron chi connectivity index (χ1n) is 11.5. The van der Waals surface area contributed by atoms with Crippen LogP contribution in [0.4, 0.5) is 18.9 Å². The molecule has 0 radical (unpaired) electrons.